The Morgan fingerprint density at radius 2 is 1.27 bits per heavy atom. The van der Waals surface area contributed by atoms with Gasteiger partial charge in [-0.25, -0.2) is 0 Å². The molecular formula is C26H22. The monoisotopic (exact) mass is 334 g/mol. The Balaban J connectivity index is 2.08. The van der Waals surface area contributed by atoms with Crippen LogP contribution < -0.4 is 0 Å². The lowest BCUT2D eigenvalue weighted by molar-refractivity contribution is 0.770. The highest BCUT2D eigenvalue weighted by Crippen LogP contribution is 2.55. The summed E-state index contributed by atoms with van der Waals surface area (Å²) in [6, 6.07) is 28.2. The molecule has 26 heavy (non-hydrogen) atoms. The third kappa shape index (κ3) is 2.30. The molecule has 3 aromatic carbocycles. The second-order valence-corrected chi connectivity index (χ2v) is 6.62. The van der Waals surface area contributed by atoms with Crippen LogP contribution >= 0.6 is 0 Å². The quantitative estimate of drug-likeness (QED) is 0.466. The van der Waals surface area contributed by atoms with E-state index < -0.39 is 0 Å². The smallest absolute Gasteiger partial charge is 0.0707 e. The van der Waals surface area contributed by atoms with E-state index in [0.29, 0.717) is 0 Å². The molecule has 0 heteroatoms. The second kappa shape index (κ2) is 6.65. The van der Waals surface area contributed by atoms with E-state index in [4.69, 9.17) is 0 Å². The molecule has 0 fully saturated rings. The van der Waals surface area contributed by atoms with Crippen molar-refractivity contribution in [2.45, 2.75) is 12.3 Å². The summed E-state index contributed by atoms with van der Waals surface area (Å²) < 4.78 is 0. The molecule has 0 aromatic heterocycles. The third-order valence-electron chi connectivity index (χ3n) is 5.24. The predicted octanol–water partition coefficient (Wildman–Crippen LogP) is 6.69. The summed E-state index contributed by atoms with van der Waals surface area (Å²) in [7, 11) is 0. The zero-order valence-corrected chi connectivity index (χ0v) is 15.0. The lowest BCUT2D eigenvalue weighted by Crippen LogP contribution is -2.28. The van der Waals surface area contributed by atoms with Gasteiger partial charge < -0.3 is 0 Å². The van der Waals surface area contributed by atoms with Gasteiger partial charge in [0.05, 0.1) is 5.41 Å². The van der Waals surface area contributed by atoms with Gasteiger partial charge in [-0.3, -0.25) is 0 Å². The molecule has 0 aliphatic heterocycles. The van der Waals surface area contributed by atoms with Crippen molar-refractivity contribution in [1.29, 1.82) is 0 Å². The highest BCUT2D eigenvalue weighted by molar-refractivity contribution is 5.86. The van der Waals surface area contributed by atoms with Gasteiger partial charge >= 0.3 is 0 Å². The summed E-state index contributed by atoms with van der Waals surface area (Å²) in [5.74, 6) is 0. The van der Waals surface area contributed by atoms with Crippen LogP contribution in [0.25, 0.3) is 11.1 Å². The molecule has 0 N–H and O–H groups in total. The molecule has 0 radical (unpaired) electrons. The minimum atomic E-state index is -0.355. The number of hydrogen-bond donors (Lipinski definition) is 0. The van der Waals surface area contributed by atoms with Gasteiger partial charge in [-0.15, -0.1) is 0 Å². The molecule has 0 nitrogen and oxygen atoms in total. The van der Waals surface area contributed by atoms with Crippen LogP contribution in [0, 0.1) is 0 Å². The number of benzene rings is 3. The zero-order valence-electron chi connectivity index (χ0n) is 15.0. The number of hydrogen-bond acceptors (Lipinski definition) is 0. The third-order valence-corrected chi connectivity index (χ3v) is 5.24. The summed E-state index contributed by atoms with van der Waals surface area (Å²) in [5.41, 5.74) is 7.20. The van der Waals surface area contributed by atoms with E-state index >= 15 is 0 Å². The molecule has 126 valence electrons. The van der Waals surface area contributed by atoms with Crippen molar-refractivity contribution in [2.24, 2.45) is 0 Å². The van der Waals surface area contributed by atoms with E-state index in [9.17, 15) is 0 Å². The van der Waals surface area contributed by atoms with Crippen molar-refractivity contribution in [1.82, 2.24) is 0 Å². The molecule has 0 spiro atoms. The topological polar surface area (TPSA) is 0 Å². The van der Waals surface area contributed by atoms with Gasteiger partial charge in [0.1, 0.15) is 0 Å². The van der Waals surface area contributed by atoms with Gasteiger partial charge in [-0.1, -0.05) is 110 Å². The minimum Gasteiger partial charge on any atom is -0.0942 e. The first-order chi connectivity index (χ1) is 12.8. The lowest BCUT2D eigenvalue weighted by Gasteiger charge is -2.34. The summed E-state index contributed by atoms with van der Waals surface area (Å²) in [4.78, 5) is 0. The largest absolute Gasteiger partial charge is 0.0942 e. The van der Waals surface area contributed by atoms with Gasteiger partial charge in [0, 0.05) is 0 Å². The van der Waals surface area contributed by atoms with Crippen LogP contribution in [-0.2, 0) is 5.41 Å². The van der Waals surface area contributed by atoms with Crippen LogP contribution in [0.3, 0.4) is 0 Å². The Labute approximate surface area is 155 Å². The lowest BCUT2D eigenvalue weighted by atomic mass is 9.67. The van der Waals surface area contributed by atoms with Gasteiger partial charge in [0.25, 0.3) is 0 Å². The SMILES string of the molecule is C=C(/C=C\C=C/C)C1(c2ccccc2)c2ccccc2-c2ccccc21. The van der Waals surface area contributed by atoms with Gasteiger partial charge in [0.2, 0.25) is 0 Å². The fraction of sp³-hybridized carbons (Fsp3) is 0.0769. The summed E-state index contributed by atoms with van der Waals surface area (Å²) >= 11 is 0. The van der Waals surface area contributed by atoms with Crippen molar-refractivity contribution in [3.63, 3.8) is 0 Å². The van der Waals surface area contributed by atoms with Crippen LogP contribution in [-0.4, -0.2) is 0 Å². The van der Waals surface area contributed by atoms with E-state index in [0.717, 1.165) is 5.57 Å². The Morgan fingerprint density at radius 3 is 1.85 bits per heavy atom. The molecule has 0 amide bonds. The van der Waals surface area contributed by atoms with Crippen molar-refractivity contribution in [2.75, 3.05) is 0 Å². The number of fused-ring (bicyclic) bond motifs is 3. The van der Waals surface area contributed by atoms with E-state index in [1.165, 1.54) is 27.8 Å². The summed E-state index contributed by atoms with van der Waals surface area (Å²) in [6.45, 7) is 6.56. The second-order valence-electron chi connectivity index (χ2n) is 6.62. The van der Waals surface area contributed by atoms with Crippen molar-refractivity contribution >= 4 is 0 Å². The Morgan fingerprint density at radius 1 is 0.731 bits per heavy atom. The van der Waals surface area contributed by atoms with Gasteiger partial charge in [-0.05, 0) is 40.3 Å². The van der Waals surface area contributed by atoms with E-state index in [1.54, 1.807) is 0 Å². The molecular weight excluding hydrogens is 312 g/mol. The first kappa shape index (κ1) is 16.4. The van der Waals surface area contributed by atoms with Gasteiger partial charge in [0.15, 0.2) is 0 Å². The van der Waals surface area contributed by atoms with E-state index in [2.05, 4.69) is 104 Å². The fourth-order valence-electron chi connectivity index (χ4n) is 4.17. The van der Waals surface area contributed by atoms with Crippen molar-refractivity contribution < 1.29 is 0 Å². The maximum absolute atomic E-state index is 4.53. The highest BCUT2D eigenvalue weighted by Gasteiger charge is 2.45. The Hall–Kier alpha value is -3.12. The fourth-order valence-corrected chi connectivity index (χ4v) is 4.17. The van der Waals surface area contributed by atoms with Crippen LogP contribution in [0.5, 0.6) is 0 Å². The minimum absolute atomic E-state index is 0.355. The Bertz CT molecular complexity index is 957. The average molecular weight is 334 g/mol. The molecule has 1 aliphatic rings. The summed E-state index contributed by atoms with van der Waals surface area (Å²) in [6.07, 6.45) is 8.31. The predicted molar refractivity (Wildman–Crippen MR) is 111 cm³/mol. The number of rotatable bonds is 4. The van der Waals surface area contributed by atoms with Crippen LogP contribution in [0.4, 0.5) is 0 Å². The van der Waals surface area contributed by atoms with Gasteiger partial charge in [-0.2, -0.15) is 0 Å². The first-order valence-electron chi connectivity index (χ1n) is 9.03. The number of allylic oxidation sites excluding steroid dienone is 5. The maximum atomic E-state index is 4.53. The molecule has 0 bridgehead atoms. The Kier molecular flexibility index (Phi) is 4.18. The van der Waals surface area contributed by atoms with Crippen LogP contribution in [0.15, 0.2) is 115 Å². The van der Waals surface area contributed by atoms with Crippen LogP contribution in [0.1, 0.15) is 23.6 Å². The van der Waals surface area contributed by atoms with Crippen molar-refractivity contribution in [3.05, 3.63) is 132 Å². The molecule has 0 saturated heterocycles. The molecule has 4 rings (SSSR count). The molecule has 0 heterocycles. The standard InChI is InChI=1S/C26H22/c1-3-4-6-13-20(2)26(21-14-7-5-8-15-21)24-18-11-9-16-22(24)23-17-10-12-19-25(23)26/h3-19H,2H2,1H3/b4-3-,13-6-. The highest BCUT2D eigenvalue weighted by atomic mass is 14.5. The van der Waals surface area contributed by atoms with E-state index in [1.807, 2.05) is 13.0 Å². The molecule has 1 aliphatic carbocycles. The summed E-state index contributed by atoms with van der Waals surface area (Å²) in [5, 5.41) is 0. The molecule has 0 atom stereocenters. The van der Waals surface area contributed by atoms with Crippen LogP contribution in [0.2, 0.25) is 0 Å². The first-order valence-corrected chi connectivity index (χ1v) is 9.03. The van der Waals surface area contributed by atoms with E-state index in [-0.39, 0.29) is 5.41 Å². The molecule has 3 aromatic rings. The molecule has 0 unspecified atom stereocenters. The normalized spacial score (nSPS) is 14.5. The maximum Gasteiger partial charge on any atom is 0.0707 e. The molecule has 0 saturated carbocycles. The average Bonchev–Trinajstić information content (AvgIpc) is 3.00. The zero-order chi connectivity index (χ0) is 18.0. The van der Waals surface area contributed by atoms with Crippen molar-refractivity contribution in [3.8, 4) is 11.1 Å².